The van der Waals surface area contributed by atoms with Gasteiger partial charge in [0.2, 0.25) is 0 Å². The molecule has 0 saturated carbocycles. The molecule has 0 spiro atoms. The second kappa shape index (κ2) is 6.94. The van der Waals surface area contributed by atoms with Crippen molar-refractivity contribution in [3.05, 3.63) is 72.6 Å². The van der Waals surface area contributed by atoms with Crippen LogP contribution >= 0.6 is 11.8 Å². The van der Waals surface area contributed by atoms with E-state index in [9.17, 15) is 0 Å². The summed E-state index contributed by atoms with van der Waals surface area (Å²) in [6.45, 7) is 0.748. The summed E-state index contributed by atoms with van der Waals surface area (Å²) < 4.78 is 2.02. The Morgan fingerprint density at radius 2 is 1.92 bits per heavy atom. The summed E-state index contributed by atoms with van der Waals surface area (Å²) in [5.41, 5.74) is 3.31. The summed E-state index contributed by atoms with van der Waals surface area (Å²) in [6, 6.07) is 18.4. The Kier molecular flexibility index (Phi) is 4.35. The molecule has 0 unspecified atom stereocenters. The van der Waals surface area contributed by atoms with Crippen molar-refractivity contribution in [3.8, 4) is 0 Å². The lowest BCUT2D eigenvalue weighted by molar-refractivity contribution is 0.712. The maximum atomic E-state index is 4.57. The normalized spacial score (nSPS) is 10.9. The zero-order valence-electron chi connectivity index (χ0n) is 13.8. The molecule has 2 aromatic carbocycles. The second-order valence-corrected chi connectivity index (χ2v) is 6.35. The van der Waals surface area contributed by atoms with Crippen LogP contribution in [-0.2, 0) is 6.54 Å². The van der Waals surface area contributed by atoms with E-state index in [1.54, 1.807) is 6.20 Å². The molecule has 5 nitrogen and oxygen atoms in total. The Labute approximate surface area is 150 Å². The SMILES string of the molecule is CSc1nccc(Nc2cccc3c2cnn3Cc2ccccc2)n1. The molecule has 1 N–H and O–H groups in total. The fourth-order valence-electron chi connectivity index (χ4n) is 2.74. The lowest BCUT2D eigenvalue weighted by Crippen LogP contribution is -2.01. The zero-order chi connectivity index (χ0) is 17.1. The molecule has 25 heavy (non-hydrogen) atoms. The molecule has 0 saturated heterocycles. The lowest BCUT2D eigenvalue weighted by atomic mass is 10.2. The third-order valence-electron chi connectivity index (χ3n) is 3.94. The van der Waals surface area contributed by atoms with Crippen LogP contribution in [0, 0.1) is 0 Å². The van der Waals surface area contributed by atoms with Crippen molar-refractivity contribution >= 4 is 34.2 Å². The Morgan fingerprint density at radius 1 is 1.04 bits per heavy atom. The molecule has 124 valence electrons. The van der Waals surface area contributed by atoms with Crippen LogP contribution in [0.1, 0.15) is 5.56 Å². The first-order chi connectivity index (χ1) is 12.3. The average Bonchev–Trinajstić information content (AvgIpc) is 3.07. The molecule has 0 aliphatic carbocycles. The molecule has 0 bridgehead atoms. The fourth-order valence-corrected chi connectivity index (χ4v) is 3.10. The predicted octanol–water partition coefficient (Wildman–Crippen LogP) is 4.34. The van der Waals surface area contributed by atoms with Crippen LogP contribution in [0.4, 0.5) is 11.5 Å². The van der Waals surface area contributed by atoms with Crippen molar-refractivity contribution < 1.29 is 0 Å². The van der Waals surface area contributed by atoms with E-state index in [1.807, 2.05) is 53.5 Å². The maximum absolute atomic E-state index is 4.57. The van der Waals surface area contributed by atoms with Crippen LogP contribution in [0.2, 0.25) is 0 Å². The molecule has 0 aliphatic heterocycles. The number of nitrogens with zero attached hydrogens (tertiary/aromatic N) is 4. The number of aromatic nitrogens is 4. The summed E-state index contributed by atoms with van der Waals surface area (Å²) in [4.78, 5) is 8.69. The van der Waals surface area contributed by atoms with Gasteiger partial charge in [0, 0.05) is 11.6 Å². The number of benzene rings is 2. The van der Waals surface area contributed by atoms with Gasteiger partial charge in [-0.25, -0.2) is 9.97 Å². The first-order valence-corrected chi connectivity index (χ1v) is 9.18. The van der Waals surface area contributed by atoms with Crippen LogP contribution in [0.25, 0.3) is 10.9 Å². The summed E-state index contributed by atoms with van der Waals surface area (Å²) in [5, 5.41) is 9.77. The van der Waals surface area contributed by atoms with E-state index < -0.39 is 0 Å². The van der Waals surface area contributed by atoms with Crippen LogP contribution in [0.15, 0.2) is 72.1 Å². The van der Waals surface area contributed by atoms with Crippen molar-refractivity contribution in [2.45, 2.75) is 11.7 Å². The van der Waals surface area contributed by atoms with Gasteiger partial charge in [0.05, 0.1) is 23.9 Å². The number of rotatable bonds is 5. The number of fused-ring (bicyclic) bond motifs is 1. The Morgan fingerprint density at radius 3 is 2.76 bits per heavy atom. The standard InChI is InChI=1S/C19H17N5S/c1-25-19-20-11-10-18(23-19)22-16-8-5-9-17-15(16)12-21-24(17)13-14-6-3-2-4-7-14/h2-12H,13H2,1H3,(H,20,22,23). The highest BCUT2D eigenvalue weighted by atomic mass is 32.2. The van der Waals surface area contributed by atoms with Crippen molar-refractivity contribution in [3.63, 3.8) is 0 Å². The highest BCUT2D eigenvalue weighted by Gasteiger charge is 2.08. The average molecular weight is 347 g/mol. The molecule has 0 atom stereocenters. The minimum Gasteiger partial charge on any atom is -0.340 e. The summed E-state index contributed by atoms with van der Waals surface area (Å²) in [7, 11) is 0. The lowest BCUT2D eigenvalue weighted by Gasteiger charge is -2.08. The molecule has 0 fully saturated rings. The molecule has 0 radical (unpaired) electrons. The quantitative estimate of drug-likeness (QED) is 0.430. The van der Waals surface area contributed by atoms with Gasteiger partial charge in [-0.15, -0.1) is 0 Å². The van der Waals surface area contributed by atoms with Crippen LogP contribution in [0.5, 0.6) is 0 Å². The van der Waals surface area contributed by atoms with Gasteiger partial charge in [0.15, 0.2) is 5.16 Å². The smallest absolute Gasteiger partial charge is 0.189 e. The van der Waals surface area contributed by atoms with Gasteiger partial charge < -0.3 is 5.32 Å². The van der Waals surface area contributed by atoms with Gasteiger partial charge in [-0.05, 0) is 30.0 Å². The predicted molar refractivity (Wildman–Crippen MR) is 102 cm³/mol. The molecular weight excluding hydrogens is 330 g/mol. The Bertz CT molecular complexity index is 997. The van der Waals surface area contributed by atoms with E-state index in [1.165, 1.54) is 17.3 Å². The maximum Gasteiger partial charge on any atom is 0.189 e. The van der Waals surface area contributed by atoms with Crippen LogP contribution < -0.4 is 5.32 Å². The number of anilines is 2. The van der Waals surface area contributed by atoms with Crippen molar-refractivity contribution in [1.29, 1.82) is 0 Å². The van der Waals surface area contributed by atoms with E-state index in [2.05, 4.69) is 38.6 Å². The largest absolute Gasteiger partial charge is 0.340 e. The molecule has 4 rings (SSSR count). The van der Waals surface area contributed by atoms with E-state index >= 15 is 0 Å². The summed E-state index contributed by atoms with van der Waals surface area (Å²) in [6.07, 6.45) is 5.63. The van der Waals surface area contributed by atoms with Gasteiger partial charge in [0.25, 0.3) is 0 Å². The number of thioether (sulfide) groups is 1. The highest BCUT2D eigenvalue weighted by molar-refractivity contribution is 7.98. The minimum absolute atomic E-state index is 0.747. The topological polar surface area (TPSA) is 55.6 Å². The third-order valence-corrected chi connectivity index (χ3v) is 4.50. The highest BCUT2D eigenvalue weighted by Crippen LogP contribution is 2.26. The number of hydrogen-bond acceptors (Lipinski definition) is 5. The fraction of sp³-hybridized carbons (Fsp3) is 0.105. The molecule has 6 heteroatoms. The van der Waals surface area contributed by atoms with Crippen molar-refractivity contribution in [1.82, 2.24) is 19.7 Å². The van der Waals surface area contributed by atoms with E-state index in [4.69, 9.17) is 0 Å². The Balaban J connectivity index is 1.66. The number of nitrogens with one attached hydrogen (secondary N) is 1. The third kappa shape index (κ3) is 3.34. The number of hydrogen-bond donors (Lipinski definition) is 1. The second-order valence-electron chi connectivity index (χ2n) is 5.58. The first kappa shape index (κ1) is 15.7. The van der Waals surface area contributed by atoms with Crippen LogP contribution in [0.3, 0.4) is 0 Å². The molecule has 4 aromatic rings. The molecule has 2 heterocycles. The van der Waals surface area contributed by atoms with E-state index in [-0.39, 0.29) is 0 Å². The molecule has 0 amide bonds. The monoisotopic (exact) mass is 347 g/mol. The summed E-state index contributed by atoms with van der Waals surface area (Å²) >= 11 is 1.52. The van der Waals surface area contributed by atoms with Gasteiger partial charge >= 0.3 is 0 Å². The van der Waals surface area contributed by atoms with Crippen molar-refractivity contribution in [2.24, 2.45) is 0 Å². The van der Waals surface area contributed by atoms with Gasteiger partial charge in [0.1, 0.15) is 5.82 Å². The molecular formula is C19H17N5S. The first-order valence-electron chi connectivity index (χ1n) is 7.96. The minimum atomic E-state index is 0.747. The Hall–Kier alpha value is -2.86. The van der Waals surface area contributed by atoms with Gasteiger partial charge in [-0.3, -0.25) is 4.68 Å². The van der Waals surface area contributed by atoms with Crippen molar-refractivity contribution in [2.75, 3.05) is 11.6 Å². The zero-order valence-corrected chi connectivity index (χ0v) is 14.6. The molecule has 0 aliphatic rings. The van der Waals surface area contributed by atoms with E-state index in [0.29, 0.717) is 0 Å². The van der Waals surface area contributed by atoms with Gasteiger partial charge in [-0.1, -0.05) is 48.2 Å². The summed E-state index contributed by atoms with van der Waals surface area (Å²) in [5.74, 6) is 0.780. The molecule has 2 aromatic heterocycles. The van der Waals surface area contributed by atoms with E-state index in [0.717, 1.165) is 34.1 Å². The van der Waals surface area contributed by atoms with Gasteiger partial charge in [-0.2, -0.15) is 5.10 Å². The van der Waals surface area contributed by atoms with Crippen LogP contribution in [-0.4, -0.2) is 26.0 Å².